The first-order valence-electron chi connectivity index (χ1n) is 12.2. The highest BCUT2D eigenvalue weighted by Crippen LogP contribution is 2.38. The summed E-state index contributed by atoms with van der Waals surface area (Å²) < 4.78 is 12.6. The first-order valence-corrected chi connectivity index (χ1v) is 13.0. The zero-order chi connectivity index (χ0) is 27.6. The molecule has 196 valence electrons. The van der Waals surface area contributed by atoms with Crippen LogP contribution < -0.4 is 19.7 Å². The maximum atomic E-state index is 13.4. The summed E-state index contributed by atoms with van der Waals surface area (Å²) in [4.78, 5) is 39.8. The lowest BCUT2D eigenvalue weighted by molar-refractivity contribution is -0.122. The first-order chi connectivity index (χ1) is 18.1. The summed E-state index contributed by atoms with van der Waals surface area (Å²) in [5.74, 6) is -0.480. The molecule has 8 heteroatoms. The number of barbiturate groups is 1. The second-order valence-electron chi connectivity index (χ2n) is 9.22. The topological polar surface area (TPSA) is 84.9 Å². The fourth-order valence-corrected chi connectivity index (χ4v) is 4.98. The van der Waals surface area contributed by atoms with Crippen LogP contribution in [0.1, 0.15) is 40.3 Å². The Morgan fingerprint density at radius 3 is 2.34 bits per heavy atom. The fraction of sp³-hybridized carbons (Fsp3) is 0.233. The molecule has 4 rings (SSSR count). The van der Waals surface area contributed by atoms with E-state index in [1.54, 1.807) is 24.3 Å². The Balaban J connectivity index is 1.68. The highest BCUT2D eigenvalue weighted by Gasteiger charge is 2.37. The molecule has 38 heavy (non-hydrogen) atoms. The summed E-state index contributed by atoms with van der Waals surface area (Å²) in [5, 5.41) is 2.28. The van der Waals surface area contributed by atoms with E-state index < -0.39 is 17.8 Å². The quantitative estimate of drug-likeness (QED) is 0.262. The summed E-state index contributed by atoms with van der Waals surface area (Å²) in [6.07, 6.45) is 1.45. The number of nitrogens with zero attached hydrogens (tertiary/aromatic N) is 1. The lowest BCUT2D eigenvalue weighted by atomic mass is 10.0. The monoisotopic (exact) mass is 576 g/mol. The summed E-state index contributed by atoms with van der Waals surface area (Å²) >= 11 is 3.56. The van der Waals surface area contributed by atoms with Gasteiger partial charge in [0.2, 0.25) is 0 Å². The number of amides is 4. The van der Waals surface area contributed by atoms with Gasteiger partial charge in [-0.05, 0) is 97.1 Å². The van der Waals surface area contributed by atoms with Crippen molar-refractivity contribution in [2.45, 2.75) is 41.2 Å². The second-order valence-corrected chi connectivity index (χ2v) is 10.1. The van der Waals surface area contributed by atoms with Crippen molar-refractivity contribution in [3.8, 4) is 11.5 Å². The van der Waals surface area contributed by atoms with Crippen LogP contribution >= 0.6 is 15.9 Å². The van der Waals surface area contributed by atoms with E-state index in [2.05, 4.69) is 39.4 Å². The van der Waals surface area contributed by atoms with Crippen molar-refractivity contribution in [2.24, 2.45) is 0 Å². The Bertz CT molecular complexity index is 1460. The third-order valence-electron chi connectivity index (χ3n) is 6.23. The Morgan fingerprint density at radius 2 is 1.66 bits per heavy atom. The van der Waals surface area contributed by atoms with Gasteiger partial charge in [-0.2, -0.15) is 0 Å². The average Bonchev–Trinajstić information content (AvgIpc) is 2.83. The fourth-order valence-electron chi connectivity index (χ4n) is 4.40. The van der Waals surface area contributed by atoms with Gasteiger partial charge in [0, 0.05) is 0 Å². The van der Waals surface area contributed by atoms with Gasteiger partial charge < -0.3 is 9.47 Å². The van der Waals surface area contributed by atoms with E-state index in [-0.39, 0.29) is 5.57 Å². The van der Waals surface area contributed by atoms with E-state index in [0.717, 1.165) is 32.7 Å². The number of anilines is 1. The molecule has 0 atom stereocenters. The Labute approximate surface area is 230 Å². The van der Waals surface area contributed by atoms with Crippen molar-refractivity contribution < 1.29 is 23.9 Å². The predicted octanol–water partition coefficient (Wildman–Crippen LogP) is 6.33. The van der Waals surface area contributed by atoms with Crippen LogP contribution in [0.5, 0.6) is 11.5 Å². The van der Waals surface area contributed by atoms with Gasteiger partial charge >= 0.3 is 6.03 Å². The maximum absolute atomic E-state index is 13.4. The van der Waals surface area contributed by atoms with Gasteiger partial charge in [-0.1, -0.05) is 41.5 Å². The number of hydrogen-bond donors (Lipinski definition) is 1. The molecule has 0 unspecified atom stereocenters. The smallest absolute Gasteiger partial charge is 0.335 e. The number of imide groups is 2. The van der Waals surface area contributed by atoms with Crippen molar-refractivity contribution in [3.63, 3.8) is 0 Å². The predicted molar refractivity (Wildman–Crippen MR) is 150 cm³/mol. The number of urea groups is 1. The average molecular weight is 577 g/mol. The molecule has 0 spiro atoms. The van der Waals surface area contributed by atoms with Gasteiger partial charge in [-0.3, -0.25) is 14.9 Å². The SMILES string of the molecule is CCOc1cc(/C=C2\C(=O)NC(=O)N(c3cccc(C)c3C)C2=O)cc(Br)c1OCc1cc(C)cc(C)c1. The van der Waals surface area contributed by atoms with Gasteiger partial charge in [0.1, 0.15) is 12.2 Å². The van der Waals surface area contributed by atoms with Crippen LogP contribution in [0.3, 0.4) is 0 Å². The second kappa shape index (κ2) is 11.2. The summed E-state index contributed by atoms with van der Waals surface area (Å²) in [7, 11) is 0. The van der Waals surface area contributed by atoms with E-state index in [1.807, 2.05) is 40.7 Å². The van der Waals surface area contributed by atoms with Crippen molar-refractivity contribution in [1.29, 1.82) is 0 Å². The van der Waals surface area contributed by atoms with Gasteiger partial charge in [0.05, 0.1) is 16.8 Å². The number of halogens is 1. The molecule has 1 fully saturated rings. The number of rotatable bonds is 7. The first kappa shape index (κ1) is 27.1. The van der Waals surface area contributed by atoms with Crippen molar-refractivity contribution >= 4 is 45.5 Å². The maximum Gasteiger partial charge on any atom is 0.335 e. The van der Waals surface area contributed by atoms with Crippen LogP contribution in [0.2, 0.25) is 0 Å². The number of hydrogen-bond acceptors (Lipinski definition) is 5. The van der Waals surface area contributed by atoms with Gasteiger partial charge in [-0.25, -0.2) is 9.69 Å². The molecule has 0 radical (unpaired) electrons. The van der Waals surface area contributed by atoms with Crippen molar-refractivity contribution in [2.75, 3.05) is 11.5 Å². The summed E-state index contributed by atoms with van der Waals surface area (Å²) in [5.41, 5.74) is 5.83. The molecule has 0 saturated carbocycles. The van der Waals surface area contributed by atoms with Crippen LogP contribution in [0, 0.1) is 27.7 Å². The number of carbonyl (C=O) groups is 3. The number of carbonyl (C=O) groups excluding carboxylic acids is 3. The lowest BCUT2D eigenvalue weighted by Gasteiger charge is -2.28. The van der Waals surface area contributed by atoms with E-state index in [9.17, 15) is 14.4 Å². The number of ether oxygens (including phenoxy) is 2. The van der Waals surface area contributed by atoms with Gasteiger partial charge in [0.25, 0.3) is 11.8 Å². The Morgan fingerprint density at radius 1 is 0.947 bits per heavy atom. The molecule has 0 aliphatic carbocycles. The zero-order valence-electron chi connectivity index (χ0n) is 22.0. The van der Waals surface area contributed by atoms with E-state index in [1.165, 1.54) is 6.08 Å². The molecule has 3 aromatic rings. The third kappa shape index (κ3) is 5.65. The Kier molecular flexibility index (Phi) is 8.02. The molecule has 3 aromatic carbocycles. The molecule has 7 nitrogen and oxygen atoms in total. The minimum Gasteiger partial charge on any atom is -0.490 e. The molecular weight excluding hydrogens is 548 g/mol. The summed E-state index contributed by atoms with van der Waals surface area (Å²) in [6, 6.07) is 14.2. The zero-order valence-corrected chi connectivity index (χ0v) is 23.6. The van der Waals surface area contributed by atoms with Gasteiger partial charge in [0.15, 0.2) is 11.5 Å². The molecule has 0 aromatic heterocycles. The van der Waals surface area contributed by atoms with Gasteiger partial charge in [-0.15, -0.1) is 0 Å². The minimum absolute atomic E-state index is 0.163. The van der Waals surface area contributed by atoms with Crippen LogP contribution in [0.15, 0.2) is 58.6 Å². The molecule has 1 heterocycles. The van der Waals surface area contributed by atoms with E-state index >= 15 is 0 Å². The van der Waals surface area contributed by atoms with Crippen molar-refractivity contribution in [1.82, 2.24) is 5.32 Å². The molecule has 1 aliphatic rings. The standard InChI is InChI=1S/C30H29BrN2O5/c1-6-37-26-15-21(14-24(31)27(26)38-16-22-11-17(2)10-18(3)12-22)13-23-28(34)32-30(36)33(29(23)35)25-9-7-8-19(4)20(25)5/h7-15H,6,16H2,1-5H3,(H,32,34,36)/b23-13+. The minimum atomic E-state index is -0.780. The van der Waals surface area contributed by atoms with Crippen LogP contribution in [0.4, 0.5) is 10.5 Å². The highest BCUT2D eigenvalue weighted by atomic mass is 79.9. The highest BCUT2D eigenvalue weighted by molar-refractivity contribution is 9.10. The molecule has 4 amide bonds. The lowest BCUT2D eigenvalue weighted by Crippen LogP contribution is -2.54. The van der Waals surface area contributed by atoms with E-state index in [4.69, 9.17) is 9.47 Å². The molecule has 1 N–H and O–H groups in total. The molecule has 0 bridgehead atoms. The molecular formula is C30H29BrN2O5. The third-order valence-corrected chi connectivity index (χ3v) is 6.82. The number of aryl methyl sites for hydroxylation is 3. The number of nitrogens with one attached hydrogen (secondary N) is 1. The van der Waals surface area contributed by atoms with E-state index in [0.29, 0.717) is 40.4 Å². The van der Waals surface area contributed by atoms with Crippen LogP contribution in [-0.4, -0.2) is 24.5 Å². The Hall–Kier alpha value is -3.91. The largest absolute Gasteiger partial charge is 0.490 e. The normalized spacial score (nSPS) is 14.6. The van der Waals surface area contributed by atoms with Crippen molar-refractivity contribution in [3.05, 3.63) is 92.0 Å². The number of benzene rings is 3. The molecule has 1 aliphatic heterocycles. The molecule has 1 saturated heterocycles. The summed E-state index contributed by atoms with van der Waals surface area (Å²) in [6.45, 7) is 10.4. The van der Waals surface area contributed by atoms with Crippen LogP contribution in [-0.2, 0) is 16.2 Å². The van der Waals surface area contributed by atoms with Crippen LogP contribution in [0.25, 0.3) is 6.08 Å².